The number of fused-ring (bicyclic) bond motifs is 1. The summed E-state index contributed by atoms with van der Waals surface area (Å²) in [5, 5.41) is 13.2. The molecule has 0 unspecified atom stereocenters. The summed E-state index contributed by atoms with van der Waals surface area (Å²) in [7, 11) is 1.35. The fourth-order valence-corrected chi connectivity index (χ4v) is 3.88. The highest BCUT2D eigenvalue weighted by atomic mass is 35.5. The Hall–Kier alpha value is -4.81. The maximum atomic E-state index is 13.0. The van der Waals surface area contributed by atoms with Crippen LogP contribution in [0.15, 0.2) is 84.4 Å². The number of esters is 1. The Bertz CT molecular complexity index is 1650. The first-order chi connectivity index (χ1) is 18.6. The number of benzene rings is 4. The molecule has 0 fully saturated rings. The van der Waals surface area contributed by atoms with E-state index in [1.165, 1.54) is 31.4 Å². The molecular weight excluding hydrogens is 533 g/mol. The predicted molar refractivity (Wildman–Crippen MR) is 141 cm³/mol. The summed E-state index contributed by atoms with van der Waals surface area (Å²) in [6, 6.07) is 21.1. The molecule has 196 valence electrons. The number of hydrogen-bond acceptors (Lipinski definition) is 5. The van der Waals surface area contributed by atoms with E-state index in [9.17, 15) is 28.0 Å². The number of alkyl halides is 3. The number of amides is 1. The molecule has 0 aliphatic carbocycles. The number of nitrogens with one attached hydrogen (secondary N) is 1. The minimum atomic E-state index is -4.65. The van der Waals surface area contributed by atoms with Crippen LogP contribution >= 0.6 is 11.6 Å². The summed E-state index contributed by atoms with van der Waals surface area (Å²) in [4.78, 5) is 25.6. The van der Waals surface area contributed by atoms with Crippen LogP contribution in [0, 0.1) is 11.3 Å². The van der Waals surface area contributed by atoms with Crippen LogP contribution in [0.3, 0.4) is 0 Å². The number of methoxy groups -OCH3 is 1. The average Bonchev–Trinajstić information content (AvgIpc) is 2.92. The van der Waals surface area contributed by atoms with Crippen LogP contribution < -0.4 is 14.8 Å². The summed E-state index contributed by atoms with van der Waals surface area (Å²) < 4.78 is 50.0. The minimum Gasteiger partial charge on any atom is -0.493 e. The maximum absolute atomic E-state index is 13.0. The van der Waals surface area contributed by atoms with Crippen LogP contribution in [0.5, 0.6) is 11.5 Å². The Morgan fingerprint density at radius 3 is 2.44 bits per heavy atom. The van der Waals surface area contributed by atoms with Crippen LogP contribution in [0.25, 0.3) is 16.8 Å². The largest absolute Gasteiger partial charge is 0.493 e. The topological polar surface area (TPSA) is 88.4 Å². The third kappa shape index (κ3) is 6.20. The molecule has 4 aromatic carbocycles. The molecule has 0 aliphatic rings. The number of nitrogens with zero attached hydrogens (tertiary/aromatic N) is 1. The lowest BCUT2D eigenvalue weighted by molar-refractivity contribution is -0.137. The van der Waals surface area contributed by atoms with Crippen molar-refractivity contribution < 1.29 is 32.2 Å². The molecule has 0 atom stereocenters. The van der Waals surface area contributed by atoms with Crippen molar-refractivity contribution in [2.75, 3.05) is 12.4 Å². The van der Waals surface area contributed by atoms with Crippen LogP contribution in [-0.4, -0.2) is 19.0 Å². The van der Waals surface area contributed by atoms with Crippen molar-refractivity contribution in [1.29, 1.82) is 5.26 Å². The lowest BCUT2D eigenvalue weighted by Crippen LogP contribution is -2.15. The number of hydrogen-bond donors (Lipinski definition) is 1. The Labute approximate surface area is 225 Å². The first kappa shape index (κ1) is 27.2. The van der Waals surface area contributed by atoms with Gasteiger partial charge in [-0.05, 0) is 58.8 Å². The predicted octanol–water partition coefficient (Wildman–Crippen LogP) is 7.29. The van der Waals surface area contributed by atoms with Gasteiger partial charge in [0.25, 0.3) is 5.91 Å². The molecule has 39 heavy (non-hydrogen) atoms. The molecule has 0 radical (unpaired) electrons. The summed E-state index contributed by atoms with van der Waals surface area (Å²) in [5.74, 6) is -1.32. The molecule has 0 aromatic heterocycles. The highest BCUT2D eigenvalue weighted by molar-refractivity contribution is 6.34. The standard InChI is InChI=1S/C29H18ClF3N2O4/c1-38-26-14-17(9-12-25(26)39-28(37)22-8-4-6-18-5-2-3-7-21(18)22)13-19(16-34)27(36)35-24-15-20(29(31,32)33)10-11-23(24)30/h2-15H,1H3,(H,35,36)/b19-13+. The van der Waals surface area contributed by atoms with E-state index in [0.29, 0.717) is 22.6 Å². The fourth-order valence-electron chi connectivity index (χ4n) is 3.72. The zero-order valence-corrected chi connectivity index (χ0v) is 20.9. The molecule has 0 saturated heterocycles. The van der Waals surface area contributed by atoms with Gasteiger partial charge in [0, 0.05) is 0 Å². The van der Waals surface area contributed by atoms with Crippen LogP contribution in [0.4, 0.5) is 18.9 Å². The van der Waals surface area contributed by atoms with Crippen molar-refractivity contribution in [2.24, 2.45) is 0 Å². The van der Waals surface area contributed by atoms with Crippen molar-refractivity contribution in [3.05, 3.63) is 106 Å². The van der Waals surface area contributed by atoms with Gasteiger partial charge in [-0.15, -0.1) is 0 Å². The van der Waals surface area contributed by atoms with Gasteiger partial charge in [0.1, 0.15) is 11.6 Å². The smallest absolute Gasteiger partial charge is 0.416 e. The van der Waals surface area contributed by atoms with Crippen LogP contribution in [0.2, 0.25) is 5.02 Å². The monoisotopic (exact) mass is 550 g/mol. The second-order valence-corrected chi connectivity index (χ2v) is 8.55. The average molecular weight is 551 g/mol. The molecule has 10 heteroatoms. The number of carbonyl (C=O) groups is 2. The van der Waals surface area contributed by atoms with E-state index >= 15 is 0 Å². The lowest BCUT2D eigenvalue weighted by atomic mass is 10.0. The van der Waals surface area contributed by atoms with E-state index in [-0.39, 0.29) is 22.2 Å². The normalized spacial score (nSPS) is 11.5. The Morgan fingerprint density at radius 1 is 0.974 bits per heavy atom. The van der Waals surface area contributed by atoms with E-state index in [1.54, 1.807) is 24.3 Å². The van der Waals surface area contributed by atoms with E-state index in [1.807, 2.05) is 24.3 Å². The third-order valence-corrected chi connectivity index (χ3v) is 5.95. The molecule has 6 nitrogen and oxygen atoms in total. The van der Waals surface area contributed by atoms with Crippen LogP contribution in [-0.2, 0) is 11.0 Å². The Morgan fingerprint density at radius 2 is 1.72 bits per heavy atom. The molecule has 0 heterocycles. The molecule has 4 aromatic rings. The first-order valence-electron chi connectivity index (χ1n) is 11.3. The molecule has 1 N–H and O–H groups in total. The van der Waals surface area contributed by atoms with Gasteiger partial charge >= 0.3 is 12.1 Å². The fraction of sp³-hybridized carbons (Fsp3) is 0.0690. The number of halogens is 4. The number of carbonyl (C=O) groups excluding carboxylic acids is 2. The highest BCUT2D eigenvalue weighted by Crippen LogP contribution is 2.34. The lowest BCUT2D eigenvalue weighted by Gasteiger charge is -2.12. The third-order valence-electron chi connectivity index (χ3n) is 5.62. The van der Waals surface area contributed by atoms with Gasteiger partial charge < -0.3 is 14.8 Å². The van der Waals surface area contributed by atoms with Gasteiger partial charge in [0.2, 0.25) is 0 Å². The second kappa shape index (κ2) is 11.3. The summed E-state index contributed by atoms with van der Waals surface area (Å²) in [6.45, 7) is 0. The zero-order chi connectivity index (χ0) is 28.2. The minimum absolute atomic E-state index is 0.103. The van der Waals surface area contributed by atoms with E-state index < -0.39 is 29.2 Å². The molecule has 0 saturated carbocycles. The van der Waals surface area contributed by atoms with Crippen molar-refractivity contribution in [1.82, 2.24) is 0 Å². The van der Waals surface area contributed by atoms with Gasteiger partial charge in [-0.1, -0.05) is 54.1 Å². The van der Waals surface area contributed by atoms with Gasteiger partial charge in [-0.25, -0.2) is 4.79 Å². The van der Waals surface area contributed by atoms with Gasteiger partial charge in [-0.3, -0.25) is 4.79 Å². The Kier molecular flexibility index (Phi) is 7.88. The molecule has 4 rings (SSSR count). The number of rotatable bonds is 6. The SMILES string of the molecule is COc1cc(/C=C(\C#N)C(=O)Nc2cc(C(F)(F)F)ccc2Cl)ccc1OC(=O)c1cccc2ccccc12. The summed E-state index contributed by atoms with van der Waals surface area (Å²) >= 11 is 5.93. The highest BCUT2D eigenvalue weighted by Gasteiger charge is 2.31. The maximum Gasteiger partial charge on any atom is 0.416 e. The summed E-state index contributed by atoms with van der Waals surface area (Å²) in [5.41, 5.74) is -1.03. The van der Waals surface area contributed by atoms with E-state index in [0.717, 1.165) is 17.5 Å². The van der Waals surface area contributed by atoms with Gasteiger partial charge in [0.05, 0.1) is 28.9 Å². The van der Waals surface area contributed by atoms with Crippen molar-refractivity contribution in [3.8, 4) is 17.6 Å². The van der Waals surface area contributed by atoms with E-state index in [4.69, 9.17) is 21.1 Å². The summed E-state index contributed by atoms with van der Waals surface area (Å²) in [6.07, 6.45) is -3.44. The molecular formula is C29H18ClF3N2O4. The number of ether oxygens (including phenoxy) is 2. The number of anilines is 1. The molecule has 0 bridgehead atoms. The van der Waals surface area contributed by atoms with Crippen molar-refractivity contribution in [3.63, 3.8) is 0 Å². The van der Waals surface area contributed by atoms with E-state index in [2.05, 4.69) is 5.32 Å². The number of nitriles is 1. The van der Waals surface area contributed by atoms with Crippen LogP contribution in [0.1, 0.15) is 21.5 Å². The first-order valence-corrected chi connectivity index (χ1v) is 11.7. The zero-order valence-electron chi connectivity index (χ0n) is 20.2. The molecule has 1 amide bonds. The van der Waals surface area contributed by atoms with Gasteiger partial charge in [-0.2, -0.15) is 18.4 Å². The Balaban J connectivity index is 1.57. The van der Waals surface area contributed by atoms with Crippen molar-refractivity contribution >= 4 is 46.0 Å². The quantitative estimate of drug-likeness (QED) is 0.118. The molecule has 0 spiro atoms. The van der Waals surface area contributed by atoms with Gasteiger partial charge in [0.15, 0.2) is 11.5 Å². The molecule has 0 aliphatic heterocycles. The second-order valence-electron chi connectivity index (χ2n) is 8.14. The van der Waals surface area contributed by atoms with Crippen molar-refractivity contribution in [2.45, 2.75) is 6.18 Å².